The van der Waals surface area contributed by atoms with Crippen molar-refractivity contribution in [1.82, 2.24) is 19.9 Å². The summed E-state index contributed by atoms with van der Waals surface area (Å²) in [6.45, 7) is 1.85. The van der Waals surface area contributed by atoms with Crippen LogP contribution >= 0.6 is 11.6 Å². The third-order valence-corrected chi connectivity index (χ3v) is 6.43. The fraction of sp³-hybridized carbons (Fsp3) is 0.0769. The molecule has 0 bridgehead atoms. The first-order chi connectivity index (χ1) is 17.4. The summed E-state index contributed by atoms with van der Waals surface area (Å²) >= 11 is 6.02. The number of nitrogens with one attached hydrogen (secondary N) is 2. The minimum atomic E-state index is -1.99. The summed E-state index contributed by atoms with van der Waals surface area (Å²) in [7, 11) is 0. The number of hydrogen-bond donors (Lipinski definition) is 3. The lowest BCUT2D eigenvalue weighted by molar-refractivity contribution is 0.0699. The average Bonchev–Trinajstić information content (AvgIpc) is 3.37. The number of aliphatic hydroxyl groups is 1. The number of imidazole rings is 1. The van der Waals surface area contributed by atoms with E-state index < -0.39 is 17.4 Å². The second-order valence-electron chi connectivity index (χ2n) is 8.40. The number of benzene rings is 3. The number of anilines is 3. The van der Waals surface area contributed by atoms with Gasteiger partial charge in [-0.1, -0.05) is 41.9 Å². The molecule has 0 fully saturated rings. The molecule has 0 saturated carbocycles. The van der Waals surface area contributed by atoms with Gasteiger partial charge < -0.3 is 10.1 Å². The summed E-state index contributed by atoms with van der Waals surface area (Å²) in [6.07, 6.45) is 1.64. The Balaban J connectivity index is 1.49. The van der Waals surface area contributed by atoms with Crippen molar-refractivity contribution >= 4 is 46.1 Å². The molecule has 0 saturated heterocycles. The lowest BCUT2D eigenvalue weighted by atomic mass is 9.93. The standard InChI is InChI=1S/C26H18ClFN6O2/c1-14-11-12-29-24(30-14)33-25-31-19-10-9-15(13-20(19)32-25)26(36)17-6-3-2-5-16(17)23(35)34(26)21-8-4-7-18(27)22(21)28/h2-13,36H,1H3,(H2,29,30,31,32,33). The van der Waals surface area contributed by atoms with E-state index in [-0.39, 0.29) is 16.3 Å². The van der Waals surface area contributed by atoms with Crippen molar-refractivity contribution in [2.45, 2.75) is 12.6 Å². The smallest absolute Gasteiger partial charge is 0.261 e. The first kappa shape index (κ1) is 22.1. The number of H-pyrrole nitrogens is 1. The molecule has 36 heavy (non-hydrogen) atoms. The topological polar surface area (TPSA) is 107 Å². The Labute approximate surface area is 209 Å². The average molecular weight is 501 g/mol. The maximum Gasteiger partial charge on any atom is 0.261 e. The Morgan fingerprint density at radius 3 is 2.75 bits per heavy atom. The Bertz CT molecular complexity index is 1670. The number of carbonyl (C=O) groups is 1. The molecule has 178 valence electrons. The Morgan fingerprint density at radius 2 is 1.92 bits per heavy atom. The van der Waals surface area contributed by atoms with Gasteiger partial charge in [-0.15, -0.1) is 0 Å². The molecule has 1 amide bonds. The highest BCUT2D eigenvalue weighted by atomic mass is 35.5. The molecule has 3 aromatic carbocycles. The number of halogens is 2. The van der Waals surface area contributed by atoms with Crippen LogP contribution in [-0.2, 0) is 5.72 Å². The molecule has 8 nitrogen and oxygen atoms in total. The number of hydrogen-bond acceptors (Lipinski definition) is 6. The molecule has 10 heteroatoms. The van der Waals surface area contributed by atoms with Gasteiger partial charge in [-0.25, -0.2) is 19.3 Å². The van der Waals surface area contributed by atoms with Gasteiger partial charge in [-0.05, 0) is 43.3 Å². The zero-order valence-electron chi connectivity index (χ0n) is 18.8. The third-order valence-electron chi connectivity index (χ3n) is 6.14. The highest BCUT2D eigenvalue weighted by Crippen LogP contribution is 2.46. The number of rotatable bonds is 4. The number of aromatic nitrogens is 4. The quantitative estimate of drug-likeness (QED) is 0.319. The maximum atomic E-state index is 15.1. The van der Waals surface area contributed by atoms with Crippen molar-refractivity contribution in [1.29, 1.82) is 0 Å². The summed E-state index contributed by atoms with van der Waals surface area (Å²) in [5.74, 6) is -0.560. The van der Waals surface area contributed by atoms with Gasteiger partial charge in [-0.3, -0.25) is 15.0 Å². The van der Waals surface area contributed by atoms with Crippen molar-refractivity contribution in [3.05, 3.63) is 106 Å². The van der Waals surface area contributed by atoms with E-state index in [2.05, 4.69) is 25.3 Å². The Morgan fingerprint density at radius 1 is 1.08 bits per heavy atom. The van der Waals surface area contributed by atoms with Gasteiger partial charge in [0, 0.05) is 28.6 Å². The molecule has 5 aromatic rings. The number of aryl methyl sites for hydroxylation is 1. The molecule has 1 aliphatic heterocycles. The van der Waals surface area contributed by atoms with E-state index in [1.165, 1.54) is 18.2 Å². The van der Waals surface area contributed by atoms with Gasteiger partial charge in [0.05, 0.1) is 21.7 Å². The van der Waals surface area contributed by atoms with Crippen molar-refractivity contribution in [3.8, 4) is 0 Å². The minimum Gasteiger partial charge on any atom is -0.363 e. The van der Waals surface area contributed by atoms with Crippen LogP contribution in [0.25, 0.3) is 11.0 Å². The van der Waals surface area contributed by atoms with Gasteiger partial charge >= 0.3 is 0 Å². The van der Waals surface area contributed by atoms with E-state index >= 15 is 4.39 Å². The molecule has 0 spiro atoms. The lowest BCUT2D eigenvalue weighted by Crippen LogP contribution is -2.45. The SMILES string of the molecule is Cc1ccnc(Nc2nc3ccc(C4(O)c5ccccc5C(=O)N4c4cccc(Cl)c4F)cc3[nH]2)n1. The number of fused-ring (bicyclic) bond motifs is 2. The molecule has 3 heterocycles. The fourth-order valence-corrected chi connectivity index (χ4v) is 4.67. The van der Waals surface area contributed by atoms with Gasteiger partial charge in [0.2, 0.25) is 11.9 Å². The first-order valence-corrected chi connectivity index (χ1v) is 11.4. The predicted molar refractivity (Wildman–Crippen MR) is 134 cm³/mol. The van der Waals surface area contributed by atoms with Crippen LogP contribution in [0, 0.1) is 12.7 Å². The van der Waals surface area contributed by atoms with Crippen molar-refractivity contribution < 1.29 is 14.3 Å². The monoisotopic (exact) mass is 500 g/mol. The van der Waals surface area contributed by atoms with Crippen LogP contribution in [0.5, 0.6) is 0 Å². The summed E-state index contributed by atoms with van der Waals surface area (Å²) in [5, 5.41) is 15.0. The van der Waals surface area contributed by atoms with Crippen LogP contribution < -0.4 is 10.2 Å². The lowest BCUT2D eigenvalue weighted by Gasteiger charge is -2.35. The summed E-state index contributed by atoms with van der Waals surface area (Å²) in [4.78, 5) is 30.6. The van der Waals surface area contributed by atoms with Crippen molar-refractivity contribution in [2.75, 3.05) is 10.2 Å². The van der Waals surface area contributed by atoms with Crippen LogP contribution in [0.2, 0.25) is 5.02 Å². The highest BCUT2D eigenvalue weighted by molar-refractivity contribution is 6.31. The Hall–Kier alpha value is -4.34. The van der Waals surface area contributed by atoms with Crippen molar-refractivity contribution in [3.63, 3.8) is 0 Å². The largest absolute Gasteiger partial charge is 0.363 e. The van der Waals surface area contributed by atoms with E-state index in [0.717, 1.165) is 10.6 Å². The molecular weight excluding hydrogens is 483 g/mol. The predicted octanol–water partition coefficient (Wildman–Crippen LogP) is 5.05. The zero-order valence-corrected chi connectivity index (χ0v) is 19.6. The van der Waals surface area contributed by atoms with E-state index in [4.69, 9.17) is 11.6 Å². The minimum absolute atomic E-state index is 0.130. The maximum absolute atomic E-state index is 15.1. The number of nitrogens with zero attached hydrogens (tertiary/aromatic N) is 4. The number of carbonyl (C=O) groups excluding carboxylic acids is 1. The normalized spacial score (nSPS) is 17.0. The van der Waals surface area contributed by atoms with Crippen LogP contribution in [-0.4, -0.2) is 30.9 Å². The fourth-order valence-electron chi connectivity index (χ4n) is 4.50. The van der Waals surface area contributed by atoms with Crippen molar-refractivity contribution in [2.24, 2.45) is 0 Å². The number of aromatic amines is 1. The zero-order chi connectivity index (χ0) is 25.0. The van der Waals surface area contributed by atoms with E-state index in [1.54, 1.807) is 54.7 Å². The summed E-state index contributed by atoms with van der Waals surface area (Å²) in [6, 6.07) is 17.8. The van der Waals surface area contributed by atoms with Gasteiger partial charge in [-0.2, -0.15) is 0 Å². The third kappa shape index (κ3) is 3.32. The molecule has 0 aliphatic carbocycles. The highest BCUT2D eigenvalue weighted by Gasteiger charge is 2.51. The van der Waals surface area contributed by atoms with Crippen LogP contribution in [0.4, 0.5) is 22.0 Å². The Kier molecular flexibility index (Phi) is 4.99. The molecular formula is C26H18ClFN6O2. The molecule has 1 atom stereocenters. The molecule has 0 radical (unpaired) electrons. The second kappa shape index (κ2) is 8.11. The van der Waals surface area contributed by atoms with E-state index in [1.807, 2.05) is 6.92 Å². The molecule has 3 N–H and O–H groups in total. The summed E-state index contributed by atoms with van der Waals surface area (Å²) < 4.78 is 15.1. The van der Waals surface area contributed by atoms with Gasteiger partial charge in [0.25, 0.3) is 5.91 Å². The molecule has 6 rings (SSSR count). The molecule has 1 aliphatic rings. The van der Waals surface area contributed by atoms with Crippen LogP contribution in [0.1, 0.15) is 27.2 Å². The van der Waals surface area contributed by atoms with E-state index in [9.17, 15) is 9.90 Å². The van der Waals surface area contributed by atoms with Crippen LogP contribution in [0.15, 0.2) is 72.9 Å². The second-order valence-corrected chi connectivity index (χ2v) is 8.80. The van der Waals surface area contributed by atoms with E-state index in [0.29, 0.717) is 34.1 Å². The van der Waals surface area contributed by atoms with Crippen LogP contribution in [0.3, 0.4) is 0 Å². The number of amides is 1. The summed E-state index contributed by atoms with van der Waals surface area (Å²) in [5.41, 5.74) is 0.805. The first-order valence-electron chi connectivity index (χ1n) is 11.0. The molecule has 1 unspecified atom stereocenters. The van der Waals surface area contributed by atoms with Gasteiger partial charge in [0.1, 0.15) is 0 Å². The molecule has 2 aromatic heterocycles. The van der Waals surface area contributed by atoms with Gasteiger partial charge in [0.15, 0.2) is 11.5 Å².